The zero-order chi connectivity index (χ0) is 27.0. The number of benzene rings is 1. The van der Waals surface area contributed by atoms with Crippen molar-refractivity contribution in [2.24, 2.45) is 5.92 Å². The molecule has 5 rings (SSSR count). The van der Waals surface area contributed by atoms with Crippen LogP contribution in [0.4, 0.5) is 5.69 Å². The molecule has 1 aliphatic carbocycles. The number of anilines is 1. The van der Waals surface area contributed by atoms with Crippen LogP contribution in [0.3, 0.4) is 0 Å². The molecule has 1 aromatic carbocycles. The standard InChI is InChI=1S/C28H31N3O5S2/c1-18-8-11-21(12-9-18)25-14-23(27(37-25)28(33)34)31-24(20-6-4-3-5-7-20)16-30(17-26(31)32)38(35,36)22-13-10-19(2)29-15-22/h8-15,20,24H,3-7,16-17H2,1-2H3,(H,33,34)/t24-/m0/s1. The van der Waals surface area contributed by atoms with Gasteiger partial charge in [0, 0.05) is 23.3 Å². The van der Waals surface area contributed by atoms with E-state index in [2.05, 4.69) is 4.98 Å². The Bertz CT molecular complexity index is 1440. The van der Waals surface area contributed by atoms with E-state index in [9.17, 15) is 23.1 Å². The average molecular weight is 554 g/mol. The van der Waals surface area contributed by atoms with E-state index >= 15 is 0 Å². The maximum atomic E-state index is 13.8. The van der Waals surface area contributed by atoms with Gasteiger partial charge in [0.25, 0.3) is 0 Å². The number of rotatable bonds is 6. The van der Waals surface area contributed by atoms with Crippen molar-refractivity contribution in [3.63, 3.8) is 0 Å². The molecule has 1 atom stereocenters. The molecule has 200 valence electrons. The summed E-state index contributed by atoms with van der Waals surface area (Å²) in [6, 6.07) is 12.3. The predicted octanol–water partition coefficient (Wildman–Crippen LogP) is 5.11. The van der Waals surface area contributed by atoms with Gasteiger partial charge in [0.1, 0.15) is 9.77 Å². The SMILES string of the molecule is Cc1ccc(-c2cc(N3C(=O)CN(S(=O)(=O)c4ccc(C)nc4)C[C@H]3C3CCCCC3)c(C(=O)O)s2)cc1. The van der Waals surface area contributed by atoms with Crippen molar-refractivity contribution in [3.8, 4) is 10.4 Å². The lowest BCUT2D eigenvalue weighted by Gasteiger charge is -2.44. The Balaban J connectivity index is 1.55. The monoisotopic (exact) mass is 553 g/mol. The highest BCUT2D eigenvalue weighted by Gasteiger charge is 2.44. The first-order valence-corrected chi connectivity index (χ1v) is 15.1. The van der Waals surface area contributed by atoms with Crippen LogP contribution in [0.1, 0.15) is 53.0 Å². The molecule has 0 radical (unpaired) electrons. The quantitative estimate of drug-likeness (QED) is 0.454. The number of carbonyl (C=O) groups excluding carboxylic acids is 1. The van der Waals surface area contributed by atoms with Crippen molar-refractivity contribution >= 4 is 38.9 Å². The Morgan fingerprint density at radius 3 is 2.39 bits per heavy atom. The van der Waals surface area contributed by atoms with Gasteiger partial charge in [-0.15, -0.1) is 11.3 Å². The lowest BCUT2D eigenvalue weighted by atomic mass is 9.82. The number of aromatic nitrogens is 1. The van der Waals surface area contributed by atoms with Crippen LogP contribution in [0.15, 0.2) is 53.6 Å². The molecule has 3 aromatic rings. The van der Waals surface area contributed by atoms with E-state index in [1.54, 1.807) is 24.0 Å². The van der Waals surface area contributed by atoms with Gasteiger partial charge in [0.2, 0.25) is 15.9 Å². The molecule has 1 saturated heterocycles. The Labute approximate surface area is 227 Å². The highest BCUT2D eigenvalue weighted by Crippen LogP contribution is 2.42. The number of hydrogen-bond donors (Lipinski definition) is 1. The molecule has 1 aliphatic heterocycles. The lowest BCUT2D eigenvalue weighted by Crippen LogP contribution is -2.60. The maximum absolute atomic E-state index is 13.8. The van der Waals surface area contributed by atoms with Gasteiger partial charge in [-0.1, -0.05) is 49.1 Å². The molecule has 0 unspecified atom stereocenters. The molecule has 0 bridgehead atoms. The van der Waals surface area contributed by atoms with Crippen LogP contribution in [0.2, 0.25) is 0 Å². The summed E-state index contributed by atoms with van der Waals surface area (Å²) in [6.07, 6.45) is 6.16. The molecule has 3 heterocycles. The van der Waals surface area contributed by atoms with Crippen molar-refractivity contribution in [2.45, 2.75) is 56.9 Å². The molecule has 1 saturated carbocycles. The van der Waals surface area contributed by atoms with Crippen LogP contribution in [-0.2, 0) is 14.8 Å². The molecule has 2 fully saturated rings. The fourth-order valence-corrected chi connectivity index (χ4v) is 7.82. The third kappa shape index (κ3) is 5.12. The molecule has 2 aliphatic rings. The number of hydrogen-bond acceptors (Lipinski definition) is 6. The van der Waals surface area contributed by atoms with E-state index in [1.165, 1.54) is 16.6 Å². The summed E-state index contributed by atoms with van der Waals surface area (Å²) in [5.74, 6) is -1.43. The first-order valence-electron chi connectivity index (χ1n) is 12.8. The third-order valence-corrected chi connectivity index (χ3v) is 10.5. The first kappa shape index (κ1) is 26.5. The van der Waals surface area contributed by atoms with Crippen molar-refractivity contribution in [3.05, 3.63) is 64.8 Å². The summed E-state index contributed by atoms with van der Waals surface area (Å²) < 4.78 is 28.3. The van der Waals surface area contributed by atoms with Gasteiger partial charge < -0.3 is 10.0 Å². The Morgan fingerprint density at radius 1 is 1.05 bits per heavy atom. The Kier molecular flexibility index (Phi) is 7.39. The van der Waals surface area contributed by atoms with Gasteiger partial charge in [0.05, 0.1) is 18.3 Å². The fraction of sp³-hybridized carbons (Fsp3) is 0.393. The van der Waals surface area contributed by atoms with E-state index in [-0.39, 0.29) is 28.8 Å². The number of nitrogens with zero attached hydrogens (tertiary/aromatic N) is 3. The van der Waals surface area contributed by atoms with Gasteiger partial charge in [0.15, 0.2) is 0 Å². The minimum Gasteiger partial charge on any atom is -0.477 e. The largest absolute Gasteiger partial charge is 0.477 e. The summed E-state index contributed by atoms with van der Waals surface area (Å²) in [5, 5.41) is 10.1. The van der Waals surface area contributed by atoms with Gasteiger partial charge in [-0.05, 0) is 56.4 Å². The number of aryl methyl sites for hydroxylation is 2. The van der Waals surface area contributed by atoms with E-state index < -0.39 is 27.9 Å². The molecule has 1 amide bonds. The second kappa shape index (κ2) is 10.6. The van der Waals surface area contributed by atoms with E-state index in [4.69, 9.17) is 0 Å². The number of piperazine rings is 1. The van der Waals surface area contributed by atoms with Crippen molar-refractivity contribution in [2.75, 3.05) is 18.0 Å². The van der Waals surface area contributed by atoms with Crippen molar-refractivity contribution in [1.82, 2.24) is 9.29 Å². The molecule has 2 aromatic heterocycles. The maximum Gasteiger partial charge on any atom is 0.348 e. The molecule has 10 heteroatoms. The second-order valence-corrected chi connectivity index (χ2v) is 13.1. The molecule has 38 heavy (non-hydrogen) atoms. The van der Waals surface area contributed by atoms with E-state index in [0.29, 0.717) is 11.4 Å². The predicted molar refractivity (Wildman–Crippen MR) is 147 cm³/mol. The summed E-state index contributed by atoms with van der Waals surface area (Å²) >= 11 is 1.14. The lowest BCUT2D eigenvalue weighted by molar-refractivity contribution is -0.121. The number of carbonyl (C=O) groups is 2. The van der Waals surface area contributed by atoms with Crippen LogP contribution in [0, 0.1) is 19.8 Å². The number of thiophene rings is 1. The Morgan fingerprint density at radius 2 is 1.76 bits per heavy atom. The molecular weight excluding hydrogens is 522 g/mol. The number of carboxylic acid groups (broad SMARTS) is 1. The van der Waals surface area contributed by atoms with Gasteiger partial charge >= 0.3 is 5.97 Å². The molecular formula is C28H31N3O5S2. The summed E-state index contributed by atoms with van der Waals surface area (Å²) in [4.78, 5) is 32.7. The highest BCUT2D eigenvalue weighted by atomic mass is 32.2. The zero-order valence-electron chi connectivity index (χ0n) is 21.5. The van der Waals surface area contributed by atoms with E-state index in [0.717, 1.165) is 59.4 Å². The number of carboxylic acids is 1. The number of sulfonamides is 1. The highest BCUT2D eigenvalue weighted by molar-refractivity contribution is 7.89. The topological polar surface area (TPSA) is 108 Å². The van der Waals surface area contributed by atoms with Crippen LogP contribution >= 0.6 is 11.3 Å². The fourth-order valence-electron chi connectivity index (χ4n) is 5.47. The van der Waals surface area contributed by atoms with Crippen LogP contribution in [0.5, 0.6) is 0 Å². The van der Waals surface area contributed by atoms with Crippen LogP contribution < -0.4 is 4.90 Å². The summed E-state index contributed by atoms with van der Waals surface area (Å²) in [6.45, 7) is 3.53. The third-order valence-electron chi connectivity index (χ3n) is 7.52. The van der Waals surface area contributed by atoms with E-state index in [1.807, 2.05) is 31.2 Å². The molecule has 1 N–H and O–H groups in total. The summed E-state index contributed by atoms with van der Waals surface area (Å²) in [5.41, 5.74) is 3.03. The van der Waals surface area contributed by atoms with Crippen LogP contribution in [0.25, 0.3) is 10.4 Å². The van der Waals surface area contributed by atoms with Crippen LogP contribution in [-0.4, -0.2) is 53.8 Å². The average Bonchev–Trinajstić information content (AvgIpc) is 3.35. The van der Waals surface area contributed by atoms with Gasteiger partial charge in [-0.2, -0.15) is 4.31 Å². The molecule has 8 nitrogen and oxygen atoms in total. The normalized spacial score (nSPS) is 19.6. The smallest absolute Gasteiger partial charge is 0.348 e. The van der Waals surface area contributed by atoms with Gasteiger partial charge in [-0.3, -0.25) is 9.78 Å². The van der Waals surface area contributed by atoms with Crippen molar-refractivity contribution in [1.29, 1.82) is 0 Å². The number of pyridine rings is 1. The van der Waals surface area contributed by atoms with Gasteiger partial charge in [-0.25, -0.2) is 13.2 Å². The molecule has 0 spiro atoms. The zero-order valence-corrected chi connectivity index (χ0v) is 23.1. The Hall–Kier alpha value is -3.08. The second-order valence-electron chi connectivity index (χ2n) is 10.2. The summed E-state index contributed by atoms with van der Waals surface area (Å²) in [7, 11) is -3.95. The number of aromatic carboxylic acids is 1. The van der Waals surface area contributed by atoms with Crippen molar-refractivity contribution < 1.29 is 23.1 Å². The minimum atomic E-state index is -3.95. The minimum absolute atomic E-state index is 0.0511. The number of amides is 1. The first-order chi connectivity index (χ1) is 18.1.